The molecule has 0 unspecified atom stereocenters. The summed E-state index contributed by atoms with van der Waals surface area (Å²) >= 11 is 7.43. The summed E-state index contributed by atoms with van der Waals surface area (Å²) in [6, 6.07) is 7.20. The van der Waals surface area contributed by atoms with Crippen molar-refractivity contribution in [3.8, 4) is 0 Å². The smallest absolute Gasteiger partial charge is 0.231 e. The van der Waals surface area contributed by atoms with Gasteiger partial charge in [-0.2, -0.15) is 11.8 Å². The van der Waals surface area contributed by atoms with Crippen LogP contribution < -0.4 is 14.9 Å². The molecule has 1 aliphatic rings. The fraction of sp³-hybridized carbons (Fsp3) is 0.611. The molecule has 1 aromatic rings. The van der Waals surface area contributed by atoms with E-state index in [0.29, 0.717) is 10.8 Å². The first-order chi connectivity index (χ1) is 12.4. The Morgan fingerprint density at radius 2 is 2.04 bits per heavy atom. The minimum atomic E-state index is -3.28. The van der Waals surface area contributed by atoms with Crippen molar-refractivity contribution in [2.45, 2.75) is 43.8 Å². The molecule has 1 saturated carbocycles. The Hall–Kier alpha value is -0.990. The maximum absolute atomic E-state index is 11.6. The van der Waals surface area contributed by atoms with Gasteiger partial charge in [0.05, 0.1) is 11.9 Å². The molecule has 5 nitrogen and oxygen atoms in total. The van der Waals surface area contributed by atoms with Gasteiger partial charge in [0.15, 0.2) is 5.11 Å². The van der Waals surface area contributed by atoms with Crippen molar-refractivity contribution < 1.29 is 8.42 Å². The highest BCUT2D eigenvalue weighted by molar-refractivity contribution is 7.99. The van der Waals surface area contributed by atoms with Crippen LogP contribution in [-0.2, 0) is 10.0 Å². The predicted octanol–water partition coefficient (Wildman–Crippen LogP) is 3.82. The third-order valence-corrected chi connectivity index (χ3v) is 7.40. The van der Waals surface area contributed by atoms with E-state index in [1.807, 2.05) is 12.1 Å². The molecular weight excluding hydrogens is 386 g/mol. The van der Waals surface area contributed by atoms with Crippen molar-refractivity contribution in [3.63, 3.8) is 0 Å². The van der Waals surface area contributed by atoms with Crippen LogP contribution in [-0.4, -0.2) is 44.4 Å². The maximum Gasteiger partial charge on any atom is 0.231 e. The highest BCUT2D eigenvalue weighted by Gasteiger charge is 2.13. The number of benzene rings is 1. The first kappa shape index (κ1) is 21.3. The summed E-state index contributed by atoms with van der Waals surface area (Å²) in [5, 5.41) is 7.76. The van der Waals surface area contributed by atoms with Crippen molar-refractivity contribution in [1.82, 2.24) is 5.32 Å². The lowest BCUT2D eigenvalue weighted by atomic mass is 10.0. The van der Waals surface area contributed by atoms with Crippen LogP contribution in [0.3, 0.4) is 0 Å². The van der Waals surface area contributed by atoms with Crippen LogP contribution in [0, 0.1) is 0 Å². The topological polar surface area (TPSA) is 61.4 Å². The van der Waals surface area contributed by atoms with Crippen molar-refractivity contribution in [2.75, 3.05) is 35.2 Å². The van der Waals surface area contributed by atoms with E-state index in [4.69, 9.17) is 12.2 Å². The van der Waals surface area contributed by atoms with E-state index in [2.05, 4.69) is 22.4 Å². The number of hydrogen-bond donors (Lipinski definition) is 2. The predicted molar refractivity (Wildman–Crippen MR) is 118 cm³/mol. The van der Waals surface area contributed by atoms with Gasteiger partial charge in [-0.05, 0) is 55.4 Å². The fourth-order valence-corrected chi connectivity index (χ4v) is 4.93. The molecule has 2 N–H and O–H groups in total. The molecule has 0 heterocycles. The molecule has 0 saturated heterocycles. The molecule has 0 aliphatic heterocycles. The van der Waals surface area contributed by atoms with Gasteiger partial charge >= 0.3 is 0 Å². The molecule has 1 fully saturated rings. The lowest BCUT2D eigenvalue weighted by Crippen LogP contribution is -2.30. The van der Waals surface area contributed by atoms with Crippen LogP contribution >= 0.6 is 24.0 Å². The van der Waals surface area contributed by atoms with Crippen LogP contribution in [0.1, 0.15) is 38.5 Å². The zero-order valence-corrected chi connectivity index (χ0v) is 18.0. The maximum atomic E-state index is 11.6. The molecule has 0 radical (unpaired) electrons. The van der Waals surface area contributed by atoms with E-state index in [9.17, 15) is 8.42 Å². The SMILES string of the molecule is CN(c1cccc(NC(=S)NCCCSC2CCCCC2)c1)S(C)(=O)=O. The third kappa shape index (κ3) is 7.32. The Morgan fingerprint density at radius 3 is 2.73 bits per heavy atom. The highest BCUT2D eigenvalue weighted by Crippen LogP contribution is 2.28. The van der Waals surface area contributed by atoms with Gasteiger partial charge in [0.25, 0.3) is 0 Å². The third-order valence-electron chi connectivity index (χ3n) is 4.48. The zero-order valence-electron chi connectivity index (χ0n) is 15.5. The van der Waals surface area contributed by atoms with Crippen LogP contribution in [0.25, 0.3) is 0 Å². The van der Waals surface area contributed by atoms with Crippen molar-refractivity contribution in [2.24, 2.45) is 0 Å². The van der Waals surface area contributed by atoms with E-state index < -0.39 is 10.0 Å². The molecule has 0 spiro atoms. The molecule has 26 heavy (non-hydrogen) atoms. The van der Waals surface area contributed by atoms with Crippen LogP contribution in [0.4, 0.5) is 11.4 Å². The van der Waals surface area contributed by atoms with Gasteiger partial charge < -0.3 is 10.6 Å². The Labute approximate surface area is 167 Å². The lowest BCUT2D eigenvalue weighted by Gasteiger charge is -2.21. The summed E-state index contributed by atoms with van der Waals surface area (Å²) in [6.07, 6.45) is 9.19. The second-order valence-electron chi connectivity index (χ2n) is 6.65. The number of thioether (sulfide) groups is 1. The van der Waals surface area contributed by atoms with Crippen LogP contribution in [0.2, 0.25) is 0 Å². The summed E-state index contributed by atoms with van der Waals surface area (Å²) in [7, 11) is -1.74. The molecule has 1 aliphatic carbocycles. The average Bonchev–Trinajstić information content (AvgIpc) is 2.61. The van der Waals surface area contributed by atoms with Gasteiger partial charge in [-0.15, -0.1) is 0 Å². The van der Waals surface area contributed by atoms with Crippen LogP contribution in [0.15, 0.2) is 24.3 Å². The molecule has 146 valence electrons. The number of rotatable bonds is 8. The zero-order chi connectivity index (χ0) is 19.0. The average molecular weight is 416 g/mol. The molecule has 0 atom stereocenters. The second-order valence-corrected chi connectivity index (χ2v) is 10.5. The van der Waals surface area contributed by atoms with Gasteiger partial charge in [0, 0.05) is 24.5 Å². The second kappa shape index (κ2) is 10.4. The summed E-state index contributed by atoms with van der Waals surface area (Å²) in [4.78, 5) is 0. The molecular formula is C18H29N3O2S3. The Bertz CT molecular complexity index is 689. The minimum Gasteiger partial charge on any atom is -0.362 e. The molecule has 8 heteroatoms. The normalized spacial score (nSPS) is 15.5. The van der Waals surface area contributed by atoms with Crippen molar-refractivity contribution >= 4 is 50.5 Å². The highest BCUT2D eigenvalue weighted by atomic mass is 32.2. The van der Waals surface area contributed by atoms with Crippen molar-refractivity contribution in [3.05, 3.63) is 24.3 Å². The summed E-state index contributed by atoms with van der Waals surface area (Å²) in [5.41, 5.74) is 1.37. The van der Waals surface area contributed by atoms with Gasteiger partial charge in [-0.1, -0.05) is 25.3 Å². The largest absolute Gasteiger partial charge is 0.362 e. The molecule has 0 bridgehead atoms. The van der Waals surface area contributed by atoms with E-state index >= 15 is 0 Å². The number of nitrogens with one attached hydrogen (secondary N) is 2. The molecule has 0 aromatic heterocycles. The summed E-state index contributed by atoms with van der Waals surface area (Å²) in [5.74, 6) is 1.16. The Morgan fingerprint density at radius 1 is 1.31 bits per heavy atom. The lowest BCUT2D eigenvalue weighted by molar-refractivity contribution is 0.516. The monoisotopic (exact) mass is 415 g/mol. The first-order valence-electron chi connectivity index (χ1n) is 9.06. The number of anilines is 2. The van der Waals surface area contributed by atoms with Gasteiger partial charge in [-0.3, -0.25) is 4.31 Å². The van der Waals surface area contributed by atoms with Gasteiger partial charge in [0.1, 0.15) is 0 Å². The molecule has 0 amide bonds. The quantitative estimate of drug-likeness (QED) is 0.497. The Kier molecular flexibility index (Phi) is 8.50. The Balaban J connectivity index is 1.70. The summed E-state index contributed by atoms with van der Waals surface area (Å²) < 4.78 is 24.5. The molecule has 1 aromatic carbocycles. The number of sulfonamides is 1. The van der Waals surface area contributed by atoms with E-state index in [1.54, 1.807) is 12.1 Å². The standard InChI is InChI=1S/C18H29N3O2S3/c1-21(26(2,22)23)16-9-6-8-15(14-16)20-18(24)19-12-7-13-25-17-10-4-3-5-11-17/h6,8-9,14,17H,3-5,7,10-13H2,1-2H3,(H2,19,20,24). The minimum absolute atomic E-state index is 0.562. The van der Waals surface area contributed by atoms with E-state index in [0.717, 1.165) is 29.7 Å². The summed E-state index contributed by atoms with van der Waals surface area (Å²) in [6.45, 7) is 0.842. The van der Waals surface area contributed by atoms with Gasteiger partial charge in [-0.25, -0.2) is 8.42 Å². The first-order valence-corrected chi connectivity index (χ1v) is 12.4. The fourth-order valence-electron chi connectivity index (χ4n) is 2.90. The van der Waals surface area contributed by atoms with Crippen molar-refractivity contribution in [1.29, 1.82) is 0 Å². The number of thiocarbonyl (C=S) groups is 1. The van der Waals surface area contributed by atoms with E-state index in [1.165, 1.54) is 49.7 Å². The number of nitrogens with zero attached hydrogens (tertiary/aromatic N) is 1. The molecule has 2 rings (SSSR count). The number of hydrogen-bond acceptors (Lipinski definition) is 4. The van der Waals surface area contributed by atoms with Crippen LogP contribution in [0.5, 0.6) is 0 Å². The van der Waals surface area contributed by atoms with E-state index in [-0.39, 0.29) is 0 Å². The van der Waals surface area contributed by atoms with Gasteiger partial charge in [0.2, 0.25) is 10.0 Å².